The van der Waals surface area contributed by atoms with Crippen LogP contribution in [0.2, 0.25) is 0 Å². The van der Waals surface area contributed by atoms with Gasteiger partial charge in [-0.1, -0.05) is 0 Å². The zero-order valence-electron chi connectivity index (χ0n) is 14.5. The lowest BCUT2D eigenvalue weighted by molar-refractivity contribution is -0.142. The van der Waals surface area contributed by atoms with Crippen LogP contribution in [0, 0.1) is 11.6 Å². The number of carbonyl (C=O) groups excluding carboxylic acids is 1. The molecule has 8 heteroatoms. The number of carboxylic acids is 1. The van der Waals surface area contributed by atoms with Crippen molar-refractivity contribution in [1.82, 2.24) is 4.90 Å². The second-order valence-electron chi connectivity index (χ2n) is 7.13. The van der Waals surface area contributed by atoms with Gasteiger partial charge in [0, 0.05) is 12.5 Å². The lowest BCUT2D eigenvalue weighted by atomic mass is 10.1. The largest absolute Gasteiger partial charge is 0.479 e. The van der Waals surface area contributed by atoms with Crippen LogP contribution in [0.1, 0.15) is 33.3 Å². The van der Waals surface area contributed by atoms with Gasteiger partial charge in [0.15, 0.2) is 5.54 Å². The monoisotopic (exact) mass is 354 g/mol. The molecule has 1 N–H and O–H groups in total. The van der Waals surface area contributed by atoms with Gasteiger partial charge in [0.05, 0.1) is 6.54 Å². The summed E-state index contributed by atoms with van der Waals surface area (Å²) in [7, 11) is 0. The first-order chi connectivity index (χ1) is 11.4. The van der Waals surface area contributed by atoms with Crippen molar-refractivity contribution in [3.8, 4) is 0 Å². The van der Waals surface area contributed by atoms with E-state index in [0.717, 1.165) is 23.1 Å². The number of ether oxygens (including phenoxy) is 1. The Morgan fingerprint density at radius 2 is 1.84 bits per heavy atom. The molecule has 1 unspecified atom stereocenters. The topological polar surface area (TPSA) is 79.2 Å². The van der Waals surface area contributed by atoms with E-state index < -0.39 is 34.8 Å². The molecule has 1 aliphatic heterocycles. The molecule has 0 fully saturated rings. The van der Waals surface area contributed by atoms with Crippen molar-refractivity contribution in [2.45, 2.75) is 45.3 Å². The van der Waals surface area contributed by atoms with Crippen molar-refractivity contribution >= 4 is 17.9 Å². The number of rotatable bonds is 3. The van der Waals surface area contributed by atoms with Crippen molar-refractivity contribution in [2.24, 2.45) is 4.99 Å². The summed E-state index contributed by atoms with van der Waals surface area (Å²) in [5.74, 6) is -2.65. The Labute approximate surface area is 144 Å². The van der Waals surface area contributed by atoms with E-state index in [1.807, 2.05) is 0 Å². The molecule has 0 saturated carbocycles. The van der Waals surface area contributed by atoms with Crippen molar-refractivity contribution in [3.05, 3.63) is 35.4 Å². The van der Waals surface area contributed by atoms with E-state index in [9.17, 15) is 23.5 Å². The zero-order chi connectivity index (χ0) is 19.0. The molecule has 1 aromatic rings. The summed E-state index contributed by atoms with van der Waals surface area (Å²) in [5, 5.41) is 9.37. The van der Waals surface area contributed by atoms with Crippen LogP contribution in [-0.2, 0) is 16.0 Å². The van der Waals surface area contributed by atoms with E-state index in [0.29, 0.717) is 0 Å². The molecule has 25 heavy (non-hydrogen) atoms. The van der Waals surface area contributed by atoms with Crippen molar-refractivity contribution < 1.29 is 28.2 Å². The highest BCUT2D eigenvalue weighted by Crippen LogP contribution is 2.25. The maximum atomic E-state index is 13.4. The molecule has 0 aliphatic carbocycles. The Balaban J connectivity index is 2.34. The van der Waals surface area contributed by atoms with Gasteiger partial charge in [-0.15, -0.1) is 0 Å². The maximum absolute atomic E-state index is 13.4. The van der Waals surface area contributed by atoms with Crippen molar-refractivity contribution in [1.29, 1.82) is 0 Å². The van der Waals surface area contributed by atoms with Gasteiger partial charge in [-0.25, -0.2) is 18.4 Å². The molecule has 1 aromatic carbocycles. The Kier molecular flexibility index (Phi) is 4.83. The minimum atomic E-state index is -1.54. The summed E-state index contributed by atoms with van der Waals surface area (Å²) in [5.41, 5.74) is -2.09. The number of nitrogens with zero attached hydrogens (tertiary/aromatic N) is 2. The van der Waals surface area contributed by atoms with Crippen molar-refractivity contribution in [2.75, 3.05) is 6.54 Å². The van der Waals surface area contributed by atoms with Gasteiger partial charge in [0.25, 0.3) is 0 Å². The third kappa shape index (κ3) is 4.52. The Hall–Kier alpha value is -2.51. The first-order valence-corrected chi connectivity index (χ1v) is 7.67. The van der Waals surface area contributed by atoms with Crippen LogP contribution in [-0.4, -0.2) is 45.6 Å². The van der Waals surface area contributed by atoms with E-state index in [1.165, 1.54) is 6.92 Å². The molecule has 1 heterocycles. The standard InChI is InChI=1S/C17H20F2N2O4/c1-16(2,3)25-15(24)21-9-17(4,14(22)23)20-13(21)7-10-5-11(18)8-12(19)6-10/h5-6,8H,7,9H2,1-4H3,(H,22,23). The van der Waals surface area contributed by atoms with Gasteiger partial charge in [0.2, 0.25) is 0 Å². The molecule has 0 aromatic heterocycles. The number of benzene rings is 1. The fourth-order valence-corrected chi connectivity index (χ4v) is 2.41. The fraction of sp³-hybridized carbons (Fsp3) is 0.471. The molecule has 1 aliphatic rings. The molecule has 1 amide bonds. The smallest absolute Gasteiger partial charge is 0.415 e. The number of carboxylic acid groups (broad SMARTS) is 1. The van der Waals surface area contributed by atoms with E-state index >= 15 is 0 Å². The number of amidine groups is 1. The Morgan fingerprint density at radius 3 is 2.32 bits per heavy atom. The molecular formula is C17H20F2N2O4. The number of aliphatic carboxylic acids is 1. The highest BCUT2D eigenvalue weighted by Gasteiger charge is 2.45. The summed E-state index contributed by atoms with van der Waals surface area (Å²) in [6.07, 6.45) is -0.857. The molecule has 6 nitrogen and oxygen atoms in total. The van der Waals surface area contributed by atoms with Gasteiger partial charge in [-0.3, -0.25) is 9.89 Å². The summed E-state index contributed by atoms with van der Waals surface area (Å²) in [4.78, 5) is 29.1. The summed E-state index contributed by atoms with van der Waals surface area (Å²) < 4.78 is 32.0. The number of aliphatic imine (C=N–C) groups is 1. The first-order valence-electron chi connectivity index (χ1n) is 7.67. The van der Waals surface area contributed by atoms with Gasteiger partial charge in [0.1, 0.15) is 23.1 Å². The fourth-order valence-electron chi connectivity index (χ4n) is 2.41. The molecule has 0 bridgehead atoms. The third-order valence-corrected chi connectivity index (χ3v) is 3.51. The quantitative estimate of drug-likeness (QED) is 0.905. The molecule has 0 radical (unpaired) electrons. The number of amides is 1. The van der Waals surface area contributed by atoms with E-state index in [2.05, 4.69) is 4.99 Å². The predicted octanol–water partition coefficient (Wildman–Crippen LogP) is 3.00. The average Bonchev–Trinajstić information content (AvgIpc) is 2.74. The molecule has 0 spiro atoms. The predicted molar refractivity (Wildman–Crippen MR) is 86.5 cm³/mol. The second kappa shape index (κ2) is 6.42. The van der Waals surface area contributed by atoms with Crippen molar-refractivity contribution in [3.63, 3.8) is 0 Å². The first kappa shape index (κ1) is 18.8. The number of hydrogen-bond acceptors (Lipinski definition) is 4. The third-order valence-electron chi connectivity index (χ3n) is 3.51. The Morgan fingerprint density at radius 1 is 1.28 bits per heavy atom. The van der Waals surface area contributed by atoms with E-state index in [-0.39, 0.29) is 24.4 Å². The lowest BCUT2D eigenvalue weighted by Crippen LogP contribution is -2.44. The molecule has 136 valence electrons. The SMILES string of the molecule is CC(C)(C)OC(=O)N1CC(C)(C(=O)O)N=C1Cc1cc(F)cc(F)c1. The number of carbonyl (C=O) groups is 2. The summed E-state index contributed by atoms with van der Waals surface area (Å²) in [6.45, 7) is 6.18. The molecule has 2 rings (SSSR count). The van der Waals surface area contributed by atoms with Crippen LogP contribution in [0.25, 0.3) is 0 Å². The van der Waals surface area contributed by atoms with Crippen LogP contribution in [0.5, 0.6) is 0 Å². The van der Waals surface area contributed by atoms with Crippen LogP contribution >= 0.6 is 0 Å². The maximum Gasteiger partial charge on any atom is 0.415 e. The molecule has 1 atom stereocenters. The summed E-state index contributed by atoms with van der Waals surface area (Å²) >= 11 is 0. The molecule has 0 saturated heterocycles. The second-order valence-corrected chi connectivity index (χ2v) is 7.13. The minimum absolute atomic E-state index is 0.0872. The highest BCUT2D eigenvalue weighted by atomic mass is 19.1. The normalized spacial score (nSPS) is 20.4. The molecular weight excluding hydrogens is 334 g/mol. The number of halogens is 2. The number of hydrogen-bond donors (Lipinski definition) is 1. The Bertz CT molecular complexity index is 722. The van der Waals surface area contributed by atoms with Gasteiger partial charge >= 0.3 is 12.1 Å². The van der Waals surface area contributed by atoms with Crippen LogP contribution in [0.15, 0.2) is 23.2 Å². The van der Waals surface area contributed by atoms with Crippen LogP contribution in [0.4, 0.5) is 13.6 Å². The van der Waals surface area contributed by atoms with Crippen LogP contribution in [0.3, 0.4) is 0 Å². The van der Waals surface area contributed by atoms with Gasteiger partial charge < -0.3 is 9.84 Å². The minimum Gasteiger partial charge on any atom is -0.479 e. The van der Waals surface area contributed by atoms with E-state index in [1.54, 1.807) is 20.8 Å². The van der Waals surface area contributed by atoms with E-state index in [4.69, 9.17) is 4.74 Å². The highest BCUT2D eigenvalue weighted by molar-refractivity contribution is 6.01. The van der Waals surface area contributed by atoms with Crippen LogP contribution < -0.4 is 0 Å². The lowest BCUT2D eigenvalue weighted by Gasteiger charge is -2.26. The van der Waals surface area contributed by atoms with Gasteiger partial charge in [-0.2, -0.15) is 0 Å². The average molecular weight is 354 g/mol. The van der Waals surface area contributed by atoms with Gasteiger partial charge in [-0.05, 0) is 45.4 Å². The zero-order valence-corrected chi connectivity index (χ0v) is 14.5. The summed E-state index contributed by atoms with van der Waals surface area (Å²) in [6, 6.07) is 2.94.